The van der Waals surface area contributed by atoms with Crippen LogP contribution in [0.5, 0.6) is 0 Å². The van der Waals surface area contributed by atoms with Gasteiger partial charge >= 0.3 is 0 Å². The van der Waals surface area contributed by atoms with Crippen molar-refractivity contribution >= 4 is 17.3 Å². The van der Waals surface area contributed by atoms with Crippen molar-refractivity contribution in [2.75, 3.05) is 23.3 Å². The van der Waals surface area contributed by atoms with Crippen LogP contribution in [0.2, 0.25) is 0 Å². The van der Waals surface area contributed by atoms with E-state index in [-0.39, 0.29) is 5.91 Å². The highest BCUT2D eigenvalue weighted by molar-refractivity contribution is 6.05. The Balaban J connectivity index is 2.22. The van der Waals surface area contributed by atoms with Gasteiger partial charge in [0.1, 0.15) is 0 Å². The number of para-hydroxylation sites is 1. The lowest BCUT2D eigenvalue weighted by Gasteiger charge is -2.21. The van der Waals surface area contributed by atoms with E-state index in [0.717, 1.165) is 30.0 Å². The molecule has 0 aliphatic heterocycles. The third-order valence-electron chi connectivity index (χ3n) is 4.42. The molecule has 1 amide bonds. The van der Waals surface area contributed by atoms with Gasteiger partial charge in [-0.1, -0.05) is 32.0 Å². The molecule has 2 aromatic carbocycles. The van der Waals surface area contributed by atoms with E-state index in [1.807, 2.05) is 43.3 Å². The molecule has 0 aromatic heterocycles. The lowest BCUT2D eigenvalue weighted by Crippen LogP contribution is -2.22. The molecule has 0 aliphatic carbocycles. The smallest absolute Gasteiger partial charge is 0.255 e. The van der Waals surface area contributed by atoms with Crippen molar-refractivity contribution in [3.8, 4) is 0 Å². The first kappa shape index (κ1) is 18.1. The van der Waals surface area contributed by atoms with Crippen molar-refractivity contribution in [3.63, 3.8) is 0 Å². The Morgan fingerprint density at radius 3 is 2.21 bits per heavy atom. The predicted molar refractivity (Wildman–Crippen MR) is 103 cm³/mol. The van der Waals surface area contributed by atoms with E-state index in [0.29, 0.717) is 11.5 Å². The minimum absolute atomic E-state index is 0.0581. The quantitative estimate of drug-likeness (QED) is 0.790. The molecule has 0 heterocycles. The summed E-state index contributed by atoms with van der Waals surface area (Å²) < 4.78 is 0. The second-order valence-corrected chi connectivity index (χ2v) is 6.37. The Hall–Kier alpha value is -2.29. The van der Waals surface area contributed by atoms with Gasteiger partial charge in [0.25, 0.3) is 5.91 Å². The number of benzene rings is 2. The van der Waals surface area contributed by atoms with Gasteiger partial charge in [0.2, 0.25) is 0 Å². The second kappa shape index (κ2) is 8.00. The Morgan fingerprint density at radius 2 is 1.67 bits per heavy atom. The number of rotatable bonds is 6. The number of anilines is 2. The molecule has 2 aromatic rings. The van der Waals surface area contributed by atoms with Crippen LogP contribution in [0, 0.1) is 6.92 Å². The first-order valence-corrected chi connectivity index (χ1v) is 8.73. The topological polar surface area (TPSA) is 32.3 Å². The number of nitrogens with zero attached hydrogens (tertiary/aromatic N) is 1. The van der Waals surface area contributed by atoms with Crippen LogP contribution in [-0.2, 0) is 0 Å². The van der Waals surface area contributed by atoms with Crippen molar-refractivity contribution in [2.45, 2.75) is 40.5 Å². The molecule has 0 bridgehead atoms. The van der Waals surface area contributed by atoms with Gasteiger partial charge in [0, 0.05) is 30.0 Å². The van der Waals surface area contributed by atoms with Gasteiger partial charge in [0.15, 0.2) is 0 Å². The van der Waals surface area contributed by atoms with Gasteiger partial charge in [-0.3, -0.25) is 4.79 Å². The standard InChI is InChI=1S/C21H28N2O/c1-6-23(7-2)18-13-11-17(12-14-18)21(24)22-20-16(5)9-8-10-19(20)15(3)4/h8-15H,6-7H2,1-5H3,(H,22,24). The van der Waals surface area contributed by atoms with Crippen LogP contribution >= 0.6 is 0 Å². The van der Waals surface area contributed by atoms with Gasteiger partial charge < -0.3 is 10.2 Å². The van der Waals surface area contributed by atoms with Crippen LogP contribution in [0.25, 0.3) is 0 Å². The lowest BCUT2D eigenvalue weighted by atomic mass is 9.98. The van der Waals surface area contributed by atoms with Gasteiger partial charge in [-0.25, -0.2) is 0 Å². The molecule has 128 valence electrons. The average Bonchev–Trinajstić information content (AvgIpc) is 2.58. The van der Waals surface area contributed by atoms with Crippen molar-refractivity contribution < 1.29 is 4.79 Å². The number of carbonyl (C=O) groups excluding carboxylic acids is 1. The minimum atomic E-state index is -0.0581. The highest BCUT2D eigenvalue weighted by Crippen LogP contribution is 2.28. The molecule has 0 unspecified atom stereocenters. The SMILES string of the molecule is CCN(CC)c1ccc(C(=O)Nc2c(C)cccc2C(C)C)cc1. The van der Waals surface area contributed by atoms with Gasteiger partial charge in [0.05, 0.1) is 0 Å². The maximum atomic E-state index is 12.6. The lowest BCUT2D eigenvalue weighted by molar-refractivity contribution is 0.102. The number of carbonyl (C=O) groups is 1. The molecular formula is C21H28N2O. The van der Waals surface area contributed by atoms with Gasteiger partial charge in [-0.15, -0.1) is 0 Å². The summed E-state index contributed by atoms with van der Waals surface area (Å²) in [5.74, 6) is 0.308. The fourth-order valence-electron chi connectivity index (χ4n) is 2.94. The van der Waals surface area contributed by atoms with Crippen molar-refractivity contribution in [3.05, 3.63) is 59.2 Å². The molecule has 1 N–H and O–H groups in total. The average molecular weight is 324 g/mol. The summed E-state index contributed by atoms with van der Waals surface area (Å²) in [6.45, 7) is 12.5. The third kappa shape index (κ3) is 3.97. The minimum Gasteiger partial charge on any atom is -0.372 e. The Kier molecular flexibility index (Phi) is 6.02. The van der Waals surface area contributed by atoms with E-state index in [9.17, 15) is 4.79 Å². The normalized spacial score (nSPS) is 10.8. The third-order valence-corrected chi connectivity index (χ3v) is 4.42. The largest absolute Gasteiger partial charge is 0.372 e. The molecule has 0 aliphatic rings. The Labute approximate surface area is 145 Å². The molecule has 0 atom stereocenters. The zero-order chi connectivity index (χ0) is 17.7. The molecule has 3 heteroatoms. The molecule has 24 heavy (non-hydrogen) atoms. The zero-order valence-corrected chi connectivity index (χ0v) is 15.4. The Bertz CT molecular complexity index is 685. The first-order valence-electron chi connectivity index (χ1n) is 8.73. The van der Waals surface area contributed by atoms with Crippen LogP contribution in [0.1, 0.15) is 55.1 Å². The van der Waals surface area contributed by atoms with E-state index in [2.05, 4.69) is 44.0 Å². The summed E-state index contributed by atoms with van der Waals surface area (Å²) in [6, 6.07) is 14.0. The highest BCUT2D eigenvalue weighted by atomic mass is 16.1. The maximum absolute atomic E-state index is 12.6. The molecule has 2 rings (SSSR count). The molecule has 0 saturated carbocycles. The van der Waals surface area contributed by atoms with E-state index >= 15 is 0 Å². The van der Waals surface area contributed by atoms with Crippen molar-refractivity contribution in [2.24, 2.45) is 0 Å². The molecule has 0 saturated heterocycles. The van der Waals surface area contributed by atoms with Gasteiger partial charge in [-0.05, 0) is 62.1 Å². The summed E-state index contributed by atoms with van der Waals surface area (Å²) in [5.41, 5.74) is 5.03. The van der Waals surface area contributed by atoms with Crippen LogP contribution in [0.4, 0.5) is 11.4 Å². The maximum Gasteiger partial charge on any atom is 0.255 e. The number of hydrogen-bond acceptors (Lipinski definition) is 2. The van der Waals surface area contributed by atoms with E-state index in [4.69, 9.17) is 0 Å². The predicted octanol–water partition coefficient (Wildman–Crippen LogP) is 5.22. The summed E-state index contributed by atoms with van der Waals surface area (Å²) in [7, 11) is 0. The molecule has 0 spiro atoms. The number of nitrogens with one attached hydrogen (secondary N) is 1. The van der Waals surface area contributed by atoms with E-state index in [1.54, 1.807) is 0 Å². The van der Waals surface area contributed by atoms with Crippen LogP contribution in [0.3, 0.4) is 0 Å². The van der Waals surface area contributed by atoms with Crippen molar-refractivity contribution in [1.29, 1.82) is 0 Å². The Morgan fingerprint density at radius 1 is 1.04 bits per heavy atom. The first-order chi connectivity index (χ1) is 11.5. The van der Waals surface area contributed by atoms with Crippen LogP contribution in [-0.4, -0.2) is 19.0 Å². The summed E-state index contributed by atoms with van der Waals surface area (Å²) in [4.78, 5) is 14.9. The van der Waals surface area contributed by atoms with Crippen LogP contribution in [0.15, 0.2) is 42.5 Å². The fourth-order valence-corrected chi connectivity index (χ4v) is 2.94. The number of hydrogen-bond donors (Lipinski definition) is 1. The molecule has 3 nitrogen and oxygen atoms in total. The highest BCUT2D eigenvalue weighted by Gasteiger charge is 2.13. The fraction of sp³-hybridized carbons (Fsp3) is 0.381. The van der Waals surface area contributed by atoms with Crippen molar-refractivity contribution in [1.82, 2.24) is 0 Å². The molecule has 0 fully saturated rings. The monoisotopic (exact) mass is 324 g/mol. The summed E-state index contributed by atoms with van der Waals surface area (Å²) >= 11 is 0. The second-order valence-electron chi connectivity index (χ2n) is 6.37. The van der Waals surface area contributed by atoms with E-state index in [1.165, 1.54) is 5.56 Å². The van der Waals surface area contributed by atoms with Crippen LogP contribution < -0.4 is 10.2 Å². The summed E-state index contributed by atoms with van der Waals surface area (Å²) in [5, 5.41) is 3.10. The number of amides is 1. The number of aryl methyl sites for hydroxylation is 1. The zero-order valence-electron chi connectivity index (χ0n) is 15.4. The molecule has 0 radical (unpaired) electrons. The summed E-state index contributed by atoms with van der Waals surface area (Å²) in [6.07, 6.45) is 0. The molecular weight excluding hydrogens is 296 g/mol. The van der Waals surface area contributed by atoms with E-state index < -0.39 is 0 Å². The van der Waals surface area contributed by atoms with Gasteiger partial charge in [-0.2, -0.15) is 0 Å².